The minimum Gasteiger partial charge on any atom is -0.323 e. The summed E-state index contributed by atoms with van der Waals surface area (Å²) in [7, 11) is 0. The maximum absolute atomic E-state index is 12.9. The van der Waals surface area contributed by atoms with Crippen LogP contribution in [0.2, 0.25) is 0 Å². The van der Waals surface area contributed by atoms with Crippen molar-refractivity contribution in [3.05, 3.63) is 25.6 Å². The summed E-state index contributed by atoms with van der Waals surface area (Å²) >= 11 is 7.13. The van der Waals surface area contributed by atoms with Gasteiger partial charge < -0.3 is 4.98 Å². The molecule has 0 fully saturated rings. The first-order valence-corrected chi connectivity index (χ1v) is 8.97. The molecule has 2 aromatic rings. The second-order valence-corrected chi connectivity index (χ2v) is 8.12. The molecule has 1 aliphatic rings. The first-order chi connectivity index (χ1) is 9.97. The maximum atomic E-state index is 12.9. The van der Waals surface area contributed by atoms with Gasteiger partial charge in [0, 0.05) is 11.4 Å². The molecule has 2 heterocycles. The van der Waals surface area contributed by atoms with Crippen LogP contribution in [0.5, 0.6) is 0 Å². The third kappa shape index (κ3) is 2.73. The van der Waals surface area contributed by atoms with Gasteiger partial charge >= 0.3 is 0 Å². The molecule has 3 rings (SSSR count). The Morgan fingerprint density at radius 3 is 2.95 bits per heavy atom. The Morgan fingerprint density at radius 1 is 1.48 bits per heavy atom. The zero-order valence-corrected chi connectivity index (χ0v) is 14.5. The molecule has 1 aliphatic carbocycles. The molecule has 0 spiro atoms. The molecule has 2 aromatic heterocycles. The van der Waals surface area contributed by atoms with Crippen LogP contribution in [0.3, 0.4) is 0 Å². The van der Waals surface area contributed by atoms with Gasteiger partial charge in [0.1, 0.15) is 4.83 Å². The molecular weight excluding hydrogens is 300 g/mol. The van der Waals surface area contributed by atoms with Crippen LogP contribution < -0.4 is 5.56 Å². The molecule has 114 valence electrons. The summed E-state index contributed by atoms with van der Waals surface area (Å²) in [4.78, 5) is 18.5. The van der Waals surface area contributed by atoms with E-state index in [1.165, 1.54) is 16.9 Å². The Bertz CT molecular complexity index is 782. The fourth-order valence-corrected chi connectivity index (χ4v) is 4.79. The van der Waals surface area contributed by atoms with Gasteiger partial charge in [-0.3, -0.25) is 9.36 Å². The summed E-state index contributed by atoms with van der Waals surface area (Å²) in [5.41, 5.74) is 1.39. The normalized spacial score (nSPS) is 18.4. The lowest BCUT2D eigenvalue weighted by Crippen LogP contribution is -2.23. The van der Waals surface area contributed by atoms with Crippen molar-refractivity contribution >= 4 is 33.8 Å². The number of nitrogens with zero attached hydrogens (tertiary/aromatic N) is 1. The average molecular weight is 322 g/mol. The van der Waals surface area contributed by atoms with E-state index in [1.807, 2.05) is 0 Å². The van der Waals surface area contributed by atoms with E-state index in [1.54, 1.807) is 15.9 Å². The summed E-state index contributed by atoms with van der Waals surface area (Å²) in [6.45, 7) is 7.34. The van der Waals surface area contributed by atoms with Crippen LogP contribution in [0.15, 0.2) is 4.79 Å². The molecule has 1 N–H and O–H groups in total. The van der Waals surface area contributed by atoms with Gasteiger partial charge in [0.25, 0.3) is 5.56 Å². The Kier molecular flexibility index (Phi) is 4.06. The van der Waals surface area contributed by atoms with Crippen molar-refractivity contribution in [1.29, 1.82) is 0 Å². The number of nitrogens with one attached hydrogen (secondary N) is 1. The first-order valence-electron chi connectivity index (χ1n) is 7.74. The Balaban J connectivity index is 2.15. The number of aryl methyl sites for hydroxylation is 1. The molecule has 5 heteroatoms. The Labute approximate surface area is 134 Å². The fourth-order valence-electron chi connectivity index (χ4n) is 3.05. The number of H-pyrrole nitrogens is 1. The highest BCUT2D eigenvalue weighted by atomic mass is 32.1. The van der Waals surface area contributed by atoms with Crippen LogP contribution >= 0.6 is 23.6 Å². The van der Waals surface area contributed by atoms with Gasteiger partial charge in [0.2, 0.25) is 0 Å². The lowest BCUT2D eigenvalue weighted by molar-refractivity contribution is 0.500. The third-order valence-corrected chi connectivity index (χ3v) is 5.86. The largest absolute Gasteiger partial charge is 0.323 e. The molecule has 1 atom stereocenters. The second-order valence-electron chi connectivity index (χ2n) is 6.63. The van der Waals surface area contributed by atoms with Gasteiger partial charge in [0.05, 0.1) is 5.39 Å². The third-order valence-electron chi connectivity index (χ3n) is 4.37. The topological polar surface area (TPSA) is 37.8 Å². The smallest absolute Gasteiger partial charge is 0.263 e. The lowest BCUT2D eigenvalue weighted by atomic mass is 9.89. The zero-order chi connectivity index (χ0) is 15.1. The van der Waals surface area contributed by atoms with E-state index in [9.17, 15) is 4.79 Å². The number of thiophene rings is 1. The van der Waals surface area contributed by atoms with E-state index >= 15 is 0 Å². The van der Waals surface area contributed by atoms with Gasteiger partial charge in [-0.15, -0.1) is 11.3 Å². The number of rotatable bonds is 3. The van der Waals surface area contributed by atoms with Crippen molar-refractivity contribution in [2.45, 2.75) is 53.0 Å². The number of aromatic nitrogens is 2. The van der Waals surface area contributed by atoms with Crippen LogP contribution in [0.1, 0.15) is 44.1 Å². The zero-order valence-electron chi connectivity index (χ0n) is 12.9. The minimum atomic E-state index is 0.112. The van der Waals surface area contributed by atoms with E-state index < -0.39 is 0 Å². The summed E-state index contributed by atoms with van der Waals surface area (Å²) in [5, 5.41) is 0.902. The lowest BCUT2D eigenvalue weighted by Gasteiger charge is -2.17. The SMILES string of the molecule is CC(C)CCn1c(=S)[nH]c2sc3c(c2c1=O)CC[C@H](C)C3. The molecule has 0 aliphatic heterocycles. The summed E-state index contributed by atoms with van der Waals surface area (Å²) in [6, 6.07) is 0. The van der Waals surface area contributed by atoms with Gasteiger partial charge in [-0.25, -0.2) is 0 Å². The van der Waals surface area contributed by atoms with Gasteiger partial charge in [0.15, 0.2) is 4.77 Å². The Hall–Kier alpha value is -0.940. The summed E-state index contributed by atoms with van der Waals surface area (Å²) in [6.07, 6.45) is 4.29. The van der Waals surface area contributed by atoms with Crippen LogP contribution in [0.25, 0.3) is 10.2 Å². The molecule has 0 saturated heterocycles. The minimum absolute atomic E-state index is 0.112. The van der Waals surface area contributed by atoms with Gasteiger partial charge in [-0.05, 0) is 55.3 Å². The highest BCUT2D eigenvalue weighted by molar-refractivity contribution is 7.71. The van der Waals surface area contributed by atoms with E-state index in [-0.39, 0.29) is 5.56 Å². The van der Waals surface area contributed by atoms with Crippen LogP contribution in [0, 0.1) is 16.6 Å². The molecule has 0 bridgehead atoms. The number of hydrogen-bond acceptors (Lipinski definition) is 3. The van der Waals surface area contributed by atoms with E-state index in [4.69, 9.17) is 12.2 Å². The predicted molar refractivity (Wildman–Crippen MR) is 91.9 cm³/mol. The highest BCUT2D eigenvalue weighted by Gasteiger charge is 2.23. The van der Waals surface area contributed by atoms with Crippen molar-refractivity contribution in [2.24, 2.45) is 11.8 Å². The van der Waals surface area contributed by atoms with Gasteiger partial charge in [-0.1, -0.05) is 20.8 Å². The molecule has 3 nitrogen and oxygen atoms in total. The number of aromatic amines is 1. The van der Waals surface area contributed by atoms with Crippen LogP contribution in [-0.4, -0.2) is 9.55 Å². The first kappa shape index (κ1) is 15.0. The fraction of sp³-hybridized carbons (Fsp3) is 0.625. The molecule has 0 radical (unpaired) electrons. The summed E-state index contributed by atoms with van der Waals surface area (Å²) < 4.78 is 2.32. The number of fused-ring (bicyclic) bond motifs is 3. The van der Waals surface area contributed by atoms with E-state index in [2.05, 4.69) is 25.8 Å². The average Bonchev–Trinajstić information content (AvgIpc) is 2.74. The predicted octanol–water partition coefficient (Wildman–Crippen LogP) is 4.29. The monoisotopic (exact) mass is 322 g/mol. The van der Waals surface area contributed by atoms with E-state index in [0.717, 1.165) is 35.4 Å². The van der Waals surface area contributed by atoms with Crippen molar-refractivity contribution < 1.29 is 0 Å². The Morgan fingerprint density at radius 2 is 2.24 bits per heavy atom. The molecule has 0 saturated carbocycles. The van der Waals surface area contributed by atoms with Crippen LogP contribution in [-0.2, 0) is 19.4 Å². The quantitative estimate of drug-likeness (QED) is 0.856. The molecule has 0 unspecified atom stereocenters. The molecule has 0 aromatic carbocycles. The maximum Gasteiger partial charge on any atom is 0.263 e. The van der Waals surface area contributed by atoms with Crippen molar-refractivity contribution in [3.63, 3.8) is 0 Å². The molecule has 21 heavy (non-hydrogen) atoms. The standard InChI is InChI=1S/C16H22N2OS2/c1-9(2)6-7-18-15(19)13-11-5-4-10(3)8-12(11)21-14(13)17-16(18)20/h9-10H,4-8H2,1-3H3,(H,17,20)/t10-/m0/s1. The second kappa shape index (κ2) is 5.69. The molecular formula is C16H22N2OS2. The van der Waals surface area contributed by atoms with Crippen molar-refractivity contribution in [3.8, 4) is 0 Å². The van der Waals surface area contributed by atoms with Crippen molar-refractivity contribution in [1.82, 2.24) is 9.55 Å². The van der Waals surface area contributed by atoms with Crippen LogP contribution in [0.4, 0.5) is 0 Å². The van der Waals surface area contributed by atoms with Gasteiger partial charge in [-0.2, -0.15) is 0 Å². The van der Waals surface area contributed by atoms with E-state index in [0.29, 0.717) is 17.2 Å². The molecule has 0 amide bonds. The van der Waals surface area contributed by atoms with Crippen molar-refractivity contribution in [2.75, 3.05) is 0 Å². The summed E-state index contributed by atoms with van der Waals surface area (Å²) in [5.74, 6) is 1.29. The number of hydrogen-bond donors (Lipinski definition) is 1. The highest BCUT2D eigenvalue weighted by Crippen LogP contribution is 2.35.